The summed E-state index contributed by atoms with van der Waals surface area (Å²) in [5.41, 5.74) is 0.614. The molecule has 0 fully saturated rings. The number of fused-ring (bicyclic) bond motifs is 1. The quantitative estimate of drug-likeness (QED) is 0.599. The van der Waals surface area contributed by atoms with E-state index in [-0.39, 0.29) is 46.5 Å². The highest BCUT2D eigenvalue weighted by atomic mass is 16.5. The van der Waals surface area contributed by atoms with Crippen molar-refractivity contribution in [2.24, 2.45) is 0 Å². The molecule has 0 amide bonds. The van der Waals surface area contributed by atoms with E-state index < -0.39 is 6.10 Å². The van der Waals surface area contributed by atoms with Gasteiger partial charge in [0.2, 0.25) is 0 Å². The first-order chi connectivity index (χ1) is 9.95. The Morgan fingerprint density at radius 3 is 2.43 bits per heavy atom. The zero-order valence-corrected chi connectivity index (χ0v) is 10.8. The molecule has 0 unspecified atom stereocenters. The van der Waals surface area contributed by atoms with Gasteiger partial charge < -0.3 is 25.2 Å². The van der Waals surface area contributed by atoms with Crippen LogP contribution < -0.4 is 4.74 Å². The topological polar surface area (TPSA) is 107 Å². The maximum atomic E-state index is 12.1. The summed E-state index contributed by atoms with van der Waals surface area (Å²) in [6.45, 7) is 0. The molecule has 1 aliphatic heterocycles. The molecule has 108 valence electrons. The van der Waals surface area contributed by atoms with Gasteiger partial charge in [-0.1, -0.05) is 6.07 Å². The number of rotatable bonds is 1. The van der Waals surface area contributed by atoms with E-state index in [9.17, 15) is 25.2 Å². The third-order valence-corrected chi connectivity index (χ3v) is 3.36. The number of ketones is 1. The summed E-state index contributed by atoms with van der Waals surface area (Å²) in [6.07, 6.45) is -0.688. The third kappa shape index (κ3) is 2.20. The summed E-state index contributed by atoms with van der Waals surface area (Å²) < 4.78 is 5.59. The average Bonchev–Trinajstić information content (AvgIpc) is 2.43. The largest absolute Gasteiger partial charge is 0.508 e. The second-order valence-electron chi connectivity index (χ2n) is 4.82. The maximum absolute atomic E-state index is 12.1. The van der Waals surface area contributed by atoms with Gasteiger partial charge in [0, 0.05) is 6.07 Å². The van der Waals surface area contributed by atoms with Crippen LogP contribution in [0.3, 0.4) is 0 Å². The van der Waals surface area contributed by atoms with E-state index >= 15 is 0 Å². The minimum absolute atomic E-state index is 0.000108. The molecule has 0 aromatic heterocycles. The van der Waals surface area contributed by atoms with Crippen molar-refractivity contribution in [1.29, 1.82) is 0 Å². The number of Topliss-reactive ketones (excluding diaryl/α,β-unsaturated/α-hetero) is 1. The smallest absolute Gasteiger partial charge is 0.172 e. The molecule has 0 saturated heterocycles. The van der Waals surface area contributed by atoms with Gasteiger partial charge in [-0.15, -0.1) is 0 Å². The van der Waals surface area contributed by atoms with Crippen molar-refractivity contribution < 1.29 is 30.0 Å². The van der Waals surface area contributed by atoms with Crippen molar-refractivity contribution in [2.75, 3.05) is 0 Å². The van der Waals surface area contributed by atoms with Gasteiger partial charge in [0.1, 0.15) is 11.9 Å². The zero-order valence-electron chi connectivity index (χ0n) is 10.8. The number of carbonyl (C=O) groups is 1. The molecule has 3 rings (SSSR count). The summed E-state index contributed by atoms with van der Waals surface area (Å²) >= 11 is 0. The van der Waals surface area contributed by atoms with Gasteiger partial charge in [-0.05, 0) is 23.8 Å². The van der Waals surface area contributed by atoms with Gasteiger partial charge in [-0.2, -0.15) is 0 Å². The fourth-order valence-electron chi connectivity index (χ4n) is 2.32. The Balaban J connectivity index is 2.02. The first-order valence-electron chi connectivity index (χ1n) is 6.23. The fourth-order valence-corrected chi connectivity index (χ4v) is 2.32. The lowest BCUT2D eigenvalue weighted by Crippen LogP contribution is -2.20. The van der Waals surface area contributed by atoms with Crippen molar-refractivity contribution in [1.82, 2.24) is 0 Å². The highest BCUT2D eigenvalue weighted by Crippen LogP contribution is 2.43. The summed E-state index contributed by atoms with van der Waals surface area (Å²) in [5, 5.41) is 38.0. The SMILES string of the molecule is O=C1C[C@H](c2ccc(O)c(O)c2)Oc2c(O)cc(O)cc21. The molecular formula is C15H12O6. The second kappa shape index (κ2) is 4.59. The molecule has 6 nitrogen and oxygen atoms in total. The minimum Gasteiger partial charge on any atom is -0.508 e. The van der Waals surface area contributed by atoms with E-state index in [0.29, 0.717) is 5.56 Å². The lowest BCUT2D eigenvalue weighted by atomic mass is 9.95. The predicted molar refractivity (Wildman–Crippen MR) is 71.9 cm³/mol. The number of hydrogen-bond acceptors (Lipinski definition) is 6. The summed E-state index contributed by atoms with van der Waals surface area (Å²) in [5.74, 6) is -1.42. The molecule has 0 aliphatic carbocycles. The number of carbonyl (C=O) groups excluding carboxylic acids is 1. The maximum Gasteiger partial charge on any atom is 0.172 e. The van der Waals surface area contributed by atoms with E-state index in [1.54, 1.807) is 0 Å². The van der Waals surface area contributed by atoms with E-state index in [1.807, 2.05) is 0 Å². The van der Waals surface area contributed by atoms with Crippen LogP contribution in [0, 0.1) is 0 Å². The Labute approximate surface area is 119 Å². The molecular weight excluding hydrogens is 276 g/mol. The van der Waals surface area contributed by atoms with Gasteiger partial charge in [0.25, 0.3) is 0 Å². The van der Waals surface area contributed by atoms with E-state index in [4.69, 9.17) is 4.74 Å². The molecule has 21 heavy (non-hydrogen) atoms. The lowest BCUT2D eigenvalue weighted by molar-refractivity contribution is 0.0841. The van der Waals surface area contributed by atoms with Crippen LogP contribution in [0.1, 0.15) is 28.4 Å². The van der Waals surface area contributed by atoms with Gasteiger partial charge in [-0.3, -0.25) is 4.79 Å². The lowest BCUT2D eigenvalue weighted by Gasteiger charge is -2.26. The van der Waals surface area contributed by atoms with E-state index in [1.165, 1.54) is 24.3 Å². The second-order valence-corrected chi connectivity index (χ2v) is 4.82. The van der Waals surface area contributed by atoms with Gasteiger partial charge >= 0.3 is 0 Å². The highest BCUT2D eigenvalue weighted by Gasteiger charge is 2.30. The van der Waals surface area contributed by atoms with Crippen LogP contribution in [-0.2, 0) is 0 Å². The summed E-state index contributed by atoms with van der Waals surface area (Å²) in [6, 6.07) is 6.45. The van der Waals surface area contributed by atoms with E-state index in [0.717, 1.165) is 6.07 Å². The van der Waals surface area contributed by atoms with Gasteiger partial charge in [0.05, 0.1) is 12.0 Å². The zero-order chi connectivity index (χ0) is 15.1. The van der Waals surface area contributed by atoms with E-state index in [2.05, 4.69) is 0 Å². The molecule has 2 aromatic rings. The molecule has 4 N–H and O–H groups in total. The normalized spacial score (nSPS) is 17.1. The number of benzene rings is 2. The van der Waals surface area contributed by atoms with Crippen LogP contribution >= 0.6 is 0 Å². The third-order valence-electron chi connectivity index (χ3n) is 3.36. The molecule has 0 spiro atoms. The number of ether oxygens (including phenoxy) is 1. The Morgan fingerprint density at radius 1 is 0.952 bits per heavy atom. The van der Waals surface area contributed by atoms with Crippen LogP contribution in [0.2, 0.25) is 0 Å². The Morgan fingerprint density at radius 2 is 1.71 bits per heavy atom. The monoisotopic (exact) mass is 288 g/mol. The number of hydrogen-bond donors (Lipinski definition) is 4. The molecule has 2 aromatic carbocycles. The average molecular weight is 288 g/mol. The number of phenols is 4. The summed E-state index contributed by atoms with van der Waals surface area (Å²) in [7, 11) is 0. The fraction of sp³-hybridized carbons (Fsp3) is 0.133. The van der Waals surface area contributed by atoms with Crippen LogP contribution in [-0.4, -0.2) is 26.2 Å². The Bertz CT molecular complexity index is 737. The van der Waals surface area contributed by atoms with Crippen LogP contribution in [0.5, 0.6) is 28.7 Å². The van der Waals surface area contributed by atoms with Crippen molar-refractivity contribution in [3.63, 3.8) is 0 Å². The van der Waals surface area contributed by atoms with Crippen molar-refractivity contribution in [3.05, 3.63) is 41.5 Å². The first kappa shape index (κ1) is 13.1. The Kier molecular flexibility index (Phi) is 2.86. The molecule has 0 radical (unpaired) electrons. The van der Waals surface area contributed by atoms with Gasteiger partial charge in [-0.25, -0.2) is 0 Å². The standard InChI is InChI=1S/C15H12O6/c16-8-4-9-11(18)6-14(21-15(9)13(20)5-8)7-1-2-10(17)12(19)3-7/h1-5,14,16-17,19-20H,6H2/t14-/m1/s1. The van der Waals surface area contributed by atoms with Crippen molar-refractivity contribution >= 4 is 5.78 Å². The predicted octanol–water partition coefficient (Wildman–Crippen LogP) is 2.22. The molecule has 1 aliphatic rings. The highest BCUT2D eigenvalue weighted by molar-refractivity contribution is 6.01. The summed E-state index contributed by atoms with van der Waals surface area (Å²) in [4.78, 5) is 12.1. The van der Waals surface area contributed by atoms with Crippen LogP contribution in [0.15, 0.2) is 30.3 Å². The molecule has 6 heteroatoms. The molecule has 1 atom stereocenters. The van der Waals surface area contributed by atoms with Crippen LogP contribution in [0.4, 0.5) is 0 Å². The van der Waals surface area contributed by atoms with Gasteiger partial charge in [0.15, 0.2) is 28.8 Å². The number of aromatic hydroxyl groups is 4. The van der Waals surface area contributed by atoms with Crippen molar-refractivity contribution in [3.8, 4) is 28.7 Å². The molecule has 1 heterocycles. The number of phenolic OH excluding ortho intramolecular Hbond substituents is 4. The van der Waals surface area contributed by atoms with Crippen molar-refractivity contribution in [2.45, 2.75) is 12.5 Å². The molecule has 0 bridgehead atoms. The minimum atomic E-state index is -0.688. The van der Waals surface area contributed by atoms with Crippen LogP contribution in [0.25, 0.3) is 0 Å². The first-order valence-corrected chi connectivity index (χ1v) is 6.23. The Hall–Kier alpha value is -2.89. The molecule has 0 saturated carbocycles.